The first-order valence-electron chi connectivity index (χ1n) is 5.92. The molecule has 1 amide bonds. The van der Waals surface area contributed by atoms with Crippen LogP contribution in [0.1, 0.15) is 25.5 Å². The lowest BCUT2D eigenvalue weighted by Crippen LogP contribution is -2.54. The van der Waals surface area contributed by atoms with E-state index in [1.807, 2.05) is 36.1 Å². The molecule has 4 nitrogen and oxygen atoms in total. The zero-order valence-electron chi connectivity index (χ0n) is 10.2. The van der Waals surface area contributed by atoms with Gasteiger partial charge in [-0.25, -0.2) is 0 Å². The third-order valence-electron chi connectivity index (χ3n) is 3.20. The van der Waals surface area contributed by atoms with Gasteiger partial charge in [-0.2, -0.15) is 0 Å². The molecule has 1 heterocycles. The van der Waals surface area contributed by atoms with Crippen LogP contribution in [-0.2, 0) is 4.79 Å². The lowest BCUT2D eigenvalue weighted by atomic mass is 10.0. The Labute approximate surface area is 101 Å². The van der Waals surface area contributed by atoms with Crippen LogP contribution in [0.15, 0.2) is 24.3 Å². The normalized spacial score (nSPS) is 22.2. The van der Waals surface area contributed by atoms with Crippen LogP contribution in [0.25, 0.3) is 0 Å². The molecule has 1 aliphatic rings. The highest BCUT2D eigenvalue weighted by Crippen LogP contribution is 2.28. The summed E-state index contributed by atoms with van der Waals surface area (Å²) >= 11 is 0. The minimum Gasteiger partial charge on any atom is -0.389 e. The number of nitrogens with zero attached hydrogens (tertiary/aromatic N) is 1. The quantitative estimate of drug-likeness (QED) is 0.804. The lowest BCUT2D eigenvalue weighted by molar-refractivity contribution is -0.122. The second kappa shape index (κ2) is 4.75. The molecule has 0 saturated carbocycles. The molecule has 1 aliphatic heterocycles. The van der Waals surface area contributed by atoms with Crippen LogP contribution in [0.3, 0.4) is 0 Å². The average Bonchev–Trinajstić information content (AvgIpc) is 2.33. The maximum Gasteiger partial charge on any atom is 0.242 e. The molecule has 1 fully saturated rings. The minimum atomic E-state index is -0.525. The Bertz CT molecular complexity index is 418. The topological polar surface area (TPSA) is 52.6 Å². The first-order valence-corrected chi connectivity index (χ1v) is 5.92. The molecule has 2 unspecified atom stereocenters. The Morgan fingerprint density at radius 3 is 2.88 bits per heavy atom. The van der Waals surface area contributed by atoms with Crippen LogP contribution in [0.5, 0.6) is 0 Å². The van der Waals surface area contributed by atoms with Gasteiger partial charge in [0.1, 0.15) is 6.04 Å². The van der Waals surface area contributed by atoms with Crippen molar-refractivity contribution in [2.45, 2.75) is 26.0 Å². The first-order chi connectivity index (χ1) is 8.11. The lowest BCUT2D eigenvalue weighted by Gasteiger charge is -2.36. The summed E-state index contributed by atoms with van der Waals surface area (Å²) in [4.78, 5) is 13.7. The van der Waals surface area contributed by atoms with Crippen LogP contribution in [0.2, 0.25) is 0 Å². The fourth-order valence-electron chi connectivity index (χ4n) is 2.21. The van der Waals surface area contributed by atoms with E-state index in [4.69, 9.17) is 0 Å². The second-order valence-electron chi connectivity index (χ2n) is 4.40. The molecular formula is C13H18N2O2. The fraction of sp³-hybridized carbons (Fsp3) is 0.462. The van der Waals surface area contributed by atoms with Crippen molar-refractivity contribution in [3.05, 3.63) is 29.8 Å². The fourth-order valence-corrected chi connectivity index (χ4v) is 2.21. The van der Waals surface area contributed by atoms with Crippen LogP contribution >= 0.6 is 0 Å². The minimum absolute atomic E-state index is 0.0386. The second-order valence-corrected chi connectivity index (χ2v) is 4.40. The number of aliphatic hydroxyl groups is 1. The molecule has 0 radical (unpaired) electrons. The third kappa shape index (κ3) is 2.26. The number of benzene rings is 1. The number of aliphatic hydroxyl groups excluding tert-OH is 1. The van der Waals surface area contributed by atoms with E-state index in [-0.39, 0.29) is 11.9 Å². The monoisotopic (exact) mass is 234 g/mol. The van der Waals surface area contributed by atoms with Gasteiger partial charge in [0.15, 0.2) is 0 Å². The predicted molar refractivity (Wildman–Crippen MR) is 66.9 cm³/mol. The van der Waals surface area contributed by atoms with Crippen molar-refractivity contribution < 1.29 is 9.90 Å². The van der Waals surface area contributed by atoms with E-state index in [1.54, 1.807) is 6.92 Å². The highest BCUT2D eigenvalue weighted by Gasteiger charge is 2.27. The van der Waals surface area contributed by atoms with Gasteiger partial charge in [0, 0.05) is 24.3 Å². The number of anilines is 1. The molecule has 0 aliphatic carbocycles. The van der Waals surface area contributed by atoms with Gasteiger partial charge in [-0.15, -0.1) is 0 Å². The van der Waals surface area contributed by atoms with Crippen molar-refractivity contribution in [2.75, 3.05) is 18.0 Å². The van der Waals surface area contributed by atoms with Gasteiger partial charge in [-0.1, -0.05) is 18.2 Å². The Kier molecular flexibility index (Phi) is 3.33. The molecule has 1 aromatic carbocycles. The number of rotatable bonds is 2. The van der Waals surface area contributed by atoms with Crippen molar-refractivity contribution >= 4 is 11.6 Å². The zero-order chi connectivity index (χ0) is 12.4. The highest BCUT2D eigenvalue weighted by molar-refractivity contribution is 5.86. The number of carbonyl (C=O) groups excluding carboxylic acids is 1. The van der Waals surface area contributed by atoms with E-state index in [9.17, 15) is 9.90 Å². The molecule has 2 N–H and O–H groups in total. The molecule has 4 heteroatoms. The standard InChI is InChI=1S/C13H18N2O2/c1-9-13(17)14-7-8-15(9)12-6-4-3-5-11(12)10(2)16/h3-6,9-10,16H,7-8H2,1-2H3,(H,14,17). The molecule has 1 saturated heterocycles. The maximum atomic E-state index is 11.6. The molecule has 2 atom stereocenters. The summed E-state index contributed by atoms with van der Waals surface area (Å²) in [7, 11) is 0. The van der Waals surface area contributed by atoms with Crippen LogP contribution in [0.4, 0.5) is 5.69 Å². The molecule has 0 bridgehead atoms. The van der Waals surface area contributed by atoms with Crippen molar-refractivity contribution in [3.8, 4) is 0 Å². The Morgan fingerprint density at radius 2 is 2.18 bits per heavy atom. The first kappa shape index (κ1) is 11.9. The summed E-state index contributed by atoms with van der Waals surface area (Å²) in [5, 5.41) is 12.6. The number of nitrogens with one attached hydrogen (secondary N) is 1. The maximum absolute atomic E-state index is 11.6. The van der Waals surface area contributed by atoms with E-state index in [0.717, 1.165) is 17.8 Å². The van der Waals surface area contributed by atoms with Crippen molar-refractivity contribution in [1.29, 1.82) is 0 Å². The van der Waals surface area contributed by atoms with Crippen LogP contribution < -0.4 is 10.2 Å². The molecular weight excluding hydrogens is 216 g/mol. The van der Waals surface area contributed by atoms with Gasteiger partial charge in [-0.05, 0) is 19.9 Å². The third-order valence-corrected chi connectivity index (χ3v) is 3.20. The van der Waals surface area contributed by atoms with Gasteiger partial charge < -0.3 is 15.3 Å². The summed E-state index contributed by atoms with van der Waals surface area (Å²) in [6, 6.07) is 7.50. The Morgan fingerprint density at radius 1 is 1.47 bits per heavy atom. The van der Waals surface area contributed by atoms with Crippen molar-refractivity contribution in [3.63, 3.8) is 0 Å². The van der Waals surface area contributed by atoms with Crippen molar-refractivity contribution in [1.82, 2.24) is 5.32 Å². The summed E-state index contributed by atoms with van der Waals surface area (Å²) < 4.78 is 0. The van der Waals surface area contributed by atoms with E-state index < -0.39 is 6.10 Å². The smallest absolute Gasteiger partial charge is 0.242 e. The van der Waals surface area contributed by atoms with Crippen LogP contribution in [-0.4, -0.2) is 30.1 Å². The number of amides is 1. The number of hydrogen-bond donors (Lipinski definition) is 2. The van der Waals surface area contributed by atoms with E-state index in [1.165, 1.54) is 0 Å². The number of para-hydroxylation sites is 1. The molecule has 17 heavy (non-hydrogen) atoms. The molecule has 92 valence electrons. The van der Waals surface area contributed by atoms with E-state index in [0.29, 0.717) is 6.54 Å². The van der Waals surface area contributed by atoms with E-state index >= 15 is 0 Å². The molecule has 2 rings (SSSR count). The predicted octanol–water partition coefficient (Wildman–Crippen LogP) is 1.06. The molecule has 0 spiro atoms. The number of carbonyl (C=O) groups is 1. The largest absolute Gasteiger partial charge is 0.389 e. The summed E-state index contributed by atoms with van der Waals surface area (Å²) in [6.45, 7) is 5.05. The average molecular weight is 234 g/mol. The van der Waals surface area contributed by atoms with Gasteiger partial charge in [0.05, 0.1) is 6.10 Å². The number of hydrogen-bond acceptors (Lipinski definition) is 3. The summed E-state index contributed by atoms with van der Waals surface area (Å²) in [5.74, 6) is 0.0386. The molecule has 1 aromatic rings. The van der Waals surface area contributed by atoms with Crippen LogP contribution in [0, 0.1) is 0 Å². The molecule has 0 aromatic heterocycles. The Hall–Kier alpha value is -1.55. The summed E-state index contributed by atoms with van der Waals surface area (Å²) in [5.41, 5.74) is 1.82. The number of piperazine rings is 1. The summed E-state index contributed by atoms with van der Waals surface area (Å²) in [6.07, 6.45) is -0.525. The Balaban J connectivity index is 2.36. The van der Waals surface area contributed by atoms with Crippen molar-refractivity contribution in [2.24, 2.45) is 0 Å². The van der Waals surface area contributed by atoms with Gasteiger partial charge in [0.2, 0.25) is 5.91 Å². The van der Waals surface area contributed by atoms with Gasteiger partial charge >= 0.3 is 0 Å². The zero-order valence-corrected chi connectivity index (χ0v) is 10.2. The van der Waals surface area contributed by atoms with Gasteiger partial charge in [-0.3, -0.25) is 4.79 Å². The van der Waals surface area contributed by atoms with E-state index in [2.05, 4.69) is 5.32 Å². The SMILES string of the molecule is CC(O)c1ccccc1N1CCNC(=O)C1C. The van der Waals surface area contributed by atoms with Gasteiger partial charge in [0.25, 0.3) is 0 Å². The highest BCUT2D eigenvalue weighted by atomic mass is 16.3.